The number of ether oxygens (including phenoxy) is 1. The van der Waals surface area contributed by atoms with E-state index in [2.05, 4.69) is 15.3 Å². The molecule has 1 aliphatic rings. The van der Waals surface area contributed by atoms with E-state index in [-0.39, 0.29) is 12.0 Å². The second-order valence-electron chi connectivity index (χ2n) is 6.08. The van der Waals surface area contributed by atoms with Crippen molar-refractivity contribution in [3.05, 3.63) is 53.9 Å². The van der Waals surface area contributed by atoms with Crippen molar-refractivity contribution in [3.8, 4) is 0 Å². The second kappa shape index (κ2) is 8.98. The summed E-state index contributed by atoms with van der Waals surface area (Å²) in [6.45, 7) is 4.84. The fraction of sp³-hybridized carbons (Fsp3) is 0.368. The number of nitrogens with zero attached hydrogens (tertiary/aromatic N) is 4. The third-order valence-corrected chi connectivity index (χ3v) is 4.26. The zero-order valence-electron chi connectivity index (χ0n) is 15.3. The Bertz CT molecular complexity index is 776. The predicted octanol–water partition coefficient (Wildman–Crippen LogP) is 1.69. The summed E-state index contributed by atoms with van der Waals surface area (Å²) < 4.78 is 5.02. The molecule has 1 fully saturated rings. The Labute approximate surface area is 158 Å². The smallest absolute Gasteiger partial charge is 0.409 e. The minimum absolute atomic E-state index is 0.243. The van der Waals surface area contributed by atoms with Gasteiger partial charge in [-0.05, 0) is 18.6 Å². The average Bonchev–Trinajstić information content (AvgIpc) is 2.73. The molecule has 0 bridgehead atoms. The zero-order valence-corrected chi connectivity index (χ0v) is 15.3. The van der Waals surface area contributed by atoms with Crippen molar-refractivity contribution in [1.82, 2.24) is 20.2 Å². The summed E-state index contributed by atoms with van der Waals surface area (Å²) >= 11 is 0. The standard InChI is InChI=1S/C19H23N5O3/c1-2-27-19(26)24-12-10-23(11-13-24)18-20-9-8-16(22-18)17(25)21-14-15-6-4-3-5-7-15/h3-9H,2,10-14H2,1H3,(H,21,25). The number of carbonyl (C=O) groups is 2. The summed E-state index contributed by atoms with van der Waals surface area (Å²) in [7, 11) is 0. The molecule has 2 aromatic rings. The molecule has 8 nitrogen and oxygen atoms in total. The normalized spacial score (nSPS) is 14.0. The maximum absolute atomic E-state index is 12.4. The maximum atomic E-state index is 12.4. The van der Waals surface area contributed by atoms with E-state index in [4.69, 9.17) is 4.74 Å². The van der Waals surface area contributed by atoms with Crippen LogP contribution in [0.15, 0.2) is 42.6 Å². The fourth-order valence-corrected chi connectivity index (χ4v) is 2.80. The number of benzene rings is 1. The number of rotatable bonds is 5. The largest absolute Gasteiger partial charge is 0.450 e. The Balaban J connectivity index is 1.57. The molecule has 27 heavy (non-hydrogen) atoms. The molecular formula is C19H23N5O3. The summed E-state index contributed by atoms with van der Waals surface area (Å²) in [4.78, 5) is 36.4. The predicted molar refractivity (Wildman–Crippen MR) is 100 cm³/mol. The van der Waals surface area contributed by atoms with Gasteiger partial charge in [-0.25, -0.2) is 14.8 Å². The SMILES string of the molecule is CCOC(=O)N1CCN(c2nccc(C(=O)NCc3ccccc3)n2)CC1. The van der Waals surface area contributed by atoms with Crippen molar-refractivity contribution >= 4 is 17.9 Å². The molecule has 1 N–H and O–H groups in total. The van der Waals surface area contributed by atoms with Crippen LogP contribution in [0.2, 0.25) is 0 Å². The molecule has 8 heteroatoms. The van der Waals surface area contributed by atoms with Crippen molar-refractivity contribution in [2.24, 2.45) is 0 Å². The van der Waals surface area contributed by atoms with Gasteiger partial charge in [0.05, 0.1) is 6.61 Å². The molecule has 0 spiro atoms. The lowest BCUT2D eigenvalue weighted by Crippen LogP contribution is -2.49. The van der Waals surface area contributed by atoms with Crippen LogP contribution in [0, 0.1) is 0 Å². The number of aromatic nitrogens is 2. The molecule has 0 radical (unpaired) electrons. The molecule has 142 valence electrons. The lowest BCUT2D eigenvalue weighted by atomic mass is 10.2. The monoisotopic (exact) mass is 369 g/mol. The van der Waals surface area contributed by atoms with Gasteiger partial charge >= 0.3 is 6.09 Å². The third kappa shape index (κ3) is 4.93. The minimum Gasteiger partial charge on any atom is -0.450 e. The Hall–Kier alpha value is -3.16. The van der Waals surface area contributed by atoms with Gasteiger partial charge in [0.2, 0.25) is 5.95 Å². The van der Waals surface area contributed by atoms with Crippen LogP contribution in [0.4, 0.5) is 10.7 Å². The molecule has 1 aromatic heterocycles. The summed E-state index contributed by atoms with van der Waals surface area (Å²) in [6, 6.07) is 11.3. The van der Waals surface area contributed by atoms with Gasteiger partial charge in [-0.2, -0.15) is 0 Å². The van der Waals surface area contributed by atoms with Crippen LogP contribution >= 0.6 is 0 Å². The van der Waals surface area contributed by atoms with Crippen molar-refractivity contribution in [1.29, 1.82) is 0 Å². The molecule has 0 saturated carbocycles. The Kier molecular flexibility index (Phi) is 6.19. The highest BCUT2D eigenvalue weighted by Crippen LogP contribution is 2.12. The first-order chi connectivity index (χ1) is 13.2. The first-order valence-corrected chi connectivity index (χ1v) is 8.99. The molecule has 1 aromatic carbocycles. The van der Waals surface area contributed by atoms with Gasteiger partial charge < -0.3 is 19.9 Å². The van der Waals surface area contributed by atoms with Gasteiger partial charge in [-0.3, -0.25) is 4.79 Å². The Morgan fingerprint density at radius 3 is 2.56 bits per heavy atom. The van der Waals surface area contributed by atoms with Crippen LogP contribution in [0.25, 0.3) is 0 Å². The molecule has 2 amide bonds. The molecule has 0 aliphatic carbocycles. The first kappa shape index (κ1) is 18.6. The van der Waals surface area contributed by atoms with E-state index in [1.54, 1.807) is 24.1 Å². The molecule has 1 saturated heterocycles. The van der Waals surface area contributed by atoms with Crippen LogP contribution < -0.4 is 10.2 Å². The van der Waals surface area contributed by atoms with Crippen LogP contribution in [0.5, 0.6) is 0 Å². The van der Waals surface area contributed by atoms with Gasteiger partial charge in [0.1, 0.15) is 5.69 Å². The van der Waals surface area contributed by atoms with E-state index in [0.717, 1.165) is 5.56 Å². The summed E-state index contributed by atoms with van der Waals surface area (Å²) in [5.41, 5.74) is 1.35. The maximum Gasteiger partial charge on any atom is 0.409 e. The number of anilines is 1. The van der Waals surface area contributed by atoms with Gasteiger partial charge in [-0.15, -0.1) is 0 Å². The lowest BCUT2D eigenvalue weighted by molar-refractivity contribution is 0.0945. The second-order valence-corrected chi connectivity index (χ2v) is 6.08. The average molecular weight is 369 g/mol. The van der Waals surface area contributed by atoms with E-state index in [1.807, 2.05) is 35.2 Å². The Morgan fingerprint density at radius 1 is 1.11 bits per heavy atom. The van der Waals surface area contributed by atoms with E-state index >= 15 is 0 Å². The van der Waals surface area contributed by atoms with Crippen molar-refractivity contribution in [3.63, 3.8) is 0 Å². The first-order valence-electron chi connectivity index (χ1n) is 8.99. The minimum atomic E-state index is -0.299. The number of piperazine rings is 1. The van der Waals surface area contributed by atoms with E-state index in [9.17, 15) is 9.59 Å². The van der Waals surface area contributed by atoms with Crippen LogP contribution in [0.1, 0.15) is 23.0 Å². The van der Waals surface area contributed by atoms with Crippen molar-refractivity contribution in [2.75, 3.05) is 37.7 Å². The van der Waals surface area contributed by atoms with Crippen LogP contribution in [0.3, 0.4) is 0 Å². The molecule has 2 heterocycles. The molecule has 0 atom stereocenters. The number of hydrogen-bond donors (Lipinski definition) is 1. The molecule has 3 rings (SSSR count). The Morgan fingerprint density at radius 2 is 1.85 bits per heavy atom. The third-order valence-electron chi connectivity index (χ3n) is 4.26. The highest BCUT2D eigenvalue weighted by Gasteiger charge is 2.23. The fourth-order valence-electron chi connectivity index (χ4n) is 2.80. The van der Waals surface area contributed by atoms with Crippen molar-refractivity contribution in [2.45, 2.75) is 13.5 Å². The van der Waals surface area contributed by atoms with Crippen LogP contribution in [-0.2, 0) is 11.3 Å². The summed E-state index contributed by atoms with van der Waals surface area (Å²) in [6.07, 6.45) is 1.28. The molecular weight excluding hydrogens is 346 g/mol. The number of hydrogen-bond acceptors (Lipinski definition) is 6. The van der Waals surface area contributed by atoms with E-state index in [0.29, 0.717) is 51.0 Å². The molecule has 1 aliphatic heterocycles. The van der Waals surface area contributed by atoms with Gasteiger partial charge in [-0.1, -0.05) is 30.3 Å². The summed E-state index contributed by atoms with van der Waals surface area (Å²) in [5, 5.41) is 2.86. The van der Waals surface area contributed by atoms with Crippen molar-refractivity contribution < 1.29 is 14.3 Å². The van der Waals surface area contributed by atoms with Crippen LogP contribution in [-0.4, -0.2) is 59.7 Å². The highest BCUT2D eigenvalue weighted by atomic mass is 16.6. The quantitative estimate of drug-likeness (QED) is 0.863. The van der Waals surface area contributed by atoms with E-state index in [1.165, 1.54) is 0 Å². The zero-order chi connectivity index (χ0) is 19.1. The lowest BCUT2D eigenvalue weighted by Gasteiger charge is -2.34. The molecule has 0 unspecified atom stereocenters. The van der Waals surface area contributed by atoms with E-state index < -0.39 is 0 Å². The highest BCUT2D eigenvalue weighted by molar-refractivity contribution is 5.92. The summed E-state index contributed by atoms with van der Waals surface area (Å²) in [5.74, 6) is 0.249. The van der Waals surface area contributed by atoms with Gasteiger partial charge in [0.15, 0.2) is 0 Å². The number of amides is 2. The number of carbonyl (C=O) groups excluding carboxylic acids is 2. The number of nitrogens with one attached hydrogen (secondary N) is 1. The topological polar surface area (TPSA) is 87.7 Å². The van der Waals surface area contributed by atoms with Gasteiger partial charge in [0, 0.05) is 38.9 Å². The van der Waals surface area contributed by atoms with Gasteiger partial charge in [0.25, 0.3) is 5.91 Å².